The van der Waals surface area contributed by atoms with Crippen LogP contribution in [0.3, 0.4) is 0 Å². The molecule has 0 radical (unpaired) electrons. The van der Waals surface area contributed by atoms with Crippen molar-refractivity contribution in [1.29, 1.82) is 0 Å². The summed E-state index contributed by atoms with van der Waals surface area (Å²) in [5, 5.41) is 0. The molecule has 136 valence electrons. The molecule has 0 N–H and O–H groups in total. The van der Waals surface area contributed by atoms with Gasteiger partial charge in [-0.25, -0.2) is 0 Å². The smallest absolute Gasteiger partial charge is 0.100 e. The first-order chi connectivity index (χ1) is 11.3. The average Bonchev–Trinajstić information content (AvgIpc) is 2.96. The lowest BCUT2D eigenvalue weighted by atomic mass is 10.1. The van der Waals surface area contributed by atoms with Crippen LogP contribution in [0.5, 0.6) is 0 Å². The molecule has 1 aliphatic heterocycles. The number of nitrogens with zero attached hydrogens (tertiary/aromatic N) is 2. The summed E-state index contributed by atoms with van der Waals surface area (Å²) in [6.45, 7) is 9.36. The molecule has 23 heavy (non-hydrogen) atoms. The predicted octanol–water partition coefficient (Wildman–Crippen LogP) is 6.53. The summed E-state index contributed by atoms with van der Waals surface area (Å²) < 4.78 is 0. The summed E-state index contributed by atoms with van der Waals surface area (Å²) >= 11 is 0. The van der Waals surface area contributed by atoms with Crippen LogP contribution in [-0.2, 0) is 0 Å². The highest BCUT2D eigenvalue weighted by molar-refractivity contribution is 4.96. The molecule has 1 atom stereocenters. The summed E-state index contributed by atoms with van der Waals surface area (Å²) in [4.78, 5) is 5.11. The monoisotopic (exact) mass is 322 g/mol. The summed E-state index contributed by atoms with van der Waals surface area (Å²) in [5.74, 6) is 0. The first-order valence-electron chi connectivity index (χ1n) is 10.5. The molecule has 0 aromatic carbocycles. The number of hydrogen-bond acceptors (Lipinski definition) is 2. The third-order valence-electron chi connectivity index (χ3n) is 5.12. The molecule has 0 aromatic heterocycles. The van der Waals surface area contributed by atoms with Crippen molar-refractivity contribution in [3.63, 3.8) is 0 Å². The van der Waals surface area contributed by atoms with Gasteiger partial charge >= 0.3 is 0 Å². The van der Waals surface area contributed by atoms with E-state index >= 15 is 0 Å². The van der Waals surface area contributed by atoms with Gasteiger partial charge in [-0.05, 0) is 19.3 Å². The largest absolute Gasteiger partial charge is 0.356 e. The quantitative estimate of drug-likeness (QED) is 0.316. The van der Waals surface area contributed by atoms with Gasteiger partial charge in [-0.2, -0.15) is 0 Å². The molecule has 1 heterocycles. The summed E-state index contributed by atoms with van der Waals surface area (Å²) in [5.41, 5.74) is 0. The molecule has 1 rings (SSSR count). The normalized spacial score (nSPS) is 17.4. The molecule has 1 unspecified atom stereocenters. The average molecular weight is 323 g/mol. The van der Waals surface area contributed by atoms with Gasteiger partial charge in [0.15, 0.2) is 0 Å². The van der Waals surface area contributed by atoms with Crippen molar-refractivity contribution < 1.29 is 0 Å². The Morgan fingerprint density at radius 3 is 1.48 bits per heavy atom. The van der Waals surface area contributed by atoms with Crippen LogP contribution in [-0.4, -0.2) is 29.1 Å². The Morgan fingerprint density at radius 2 is 1.00 bits per heavy atom. The van der Waals surface area contributed by atoms with Gasteiger partial charge < -0.3 is 9.80 Å². The van der Waals surface area contributed by atoms with E-state index in [2.05, 4.69) is 43.0 Å². The van der Waals surface area contributed by atoms with E-state index in [1.807, 2.05) is 0 Å². The van der Waals surface area contributed by atoms with Crippen molar-refractivity contribution in [2.75, 3.05) is 13.1 Å². The van der Waals surface area contributed by atoms with Crippen LogP contribution in [0.15, 0.2) is 12.4 Å². The Bertz CT molecular complexity index is 288. The van der Waals surface area contributed by atoms with E-state index in [1.165, 1.54) is 96.6 Å². The third-order valence-corrected chi connectivity index (χ3v) is 5.12. The Labute approximate surface area is 146 Å². The van der Waals surface area contributed by atoms with Gasteiger partial charge in [0.05, 0.1) is 0 Å². The van der Waals surface area contributed by atoms with Crippen LogP contribution in [0, 0.1) is 0 Å². The fourth-order valence-electron chi connectivity index (χ4n) is 3.60. The minimum atomic E-state index is 0.625. The van der Waals surface area contributed by atoms with Gasteiger partial charge in [-0.3, -0.25) is 0 Å². The molecule has 0 amide bonds. The van der Waals surface area contributed by atoms with Crippen LogP contribution in [0.4, 0.5) is 0 Å². The molecule has 0 aromatic rings. The third kappa shape index (κ3) is 8.67. The molecule has 0 bridgehead atoms. The first-order valence-corrected chi connectivity index (χ1v) is 10.5. The van der Waals surface area contributed by atoms with Crippen molar-refractivity contribution in [3.05, 3.63) is 12.4 Å². The van der Waals surface area contributed by atoms with Crippen LogP contribution in [0.2, 0.25) is 0 Å². The summed E-state index contributed by atoms with van der Waals surface area (Å²) in [6.07, 6.45) is 23.4. The SMILES string of the molecule is CCCCCCCCCCCCN1C=CN(CCCC)C1CC. The molecule has 2 heteroatoms. The second-order valence-corrected chi connectivity index (χ2v) is 7.20. The van der Waals surface area contributed by atoms with Crippen LogP contribution in [0.1, 0.15) is 104 Å². The highest BCUT2D eigenvalue weighted by Crippen LogP contribution is 2.20. The molecule has 2 nitrogen and oxygen atoms in total. The molecule has 1 aliphatic rings. The lowest BCUT2D eigenvalue weighted by Gasteiger charge is -2.32. The van der Waals surface area contributed by atoms with E-state index in [0.29, 0.717) is 6.17 Å². The second-order valence-electron chi connectivity index (χ2n) is 7.20. The Kier molecular flexibility index (Phi) is 12.2. The molecule has 0 spiro atoms. The minimum Gasteiger partial charge on any atom is -0.356 e. The van der Waals surface area contributed by atoms with Gasteiger partial charge in [0.2, 0.25) is 0 Å². The lowest BCUT2D eigenvalue weighted by Crippen LogP contribution is -2.38. The van der Waals surface area contributed by atoms with Crippen LogP contribution in [0.25, 0.3) is 0 Å². The standard InChI is InChI=1S/C21H42N2/c1-4-7-9-10-11-12-13-14-15-16-18-23-20-19-22(17-8-5-2)21(23)6-3/h19-21H,4-18H2,1-3H3. The highest BCUT2D eigenvalue weighted by Gasteiger charge is 2.23. The van der Waals surface area contributed by atoms with E-state index in [1.54, 1.807) is 0 Å². The van der Waals surface area contributed by atoms with Gasteiger partial charge in [0.1, 0.15) is 6.17 Å². The Hall–Kier alpha value is -0.660. The molecule has 0 aliphatic carbocycles. The van der Waals surface area contributed by atoms with E-state index in [0.717, 1.165) is 0 Å². The molecule has 0 saturated carbocycles. The zero-order chi connectivity index (χ0) is 16.8. The Balaban J connectivity index is 2.00. The van der Waals surface area contributed by atoms with E-state index in [-0.39, 0.29) is 0 Å². The zero-order valence-corrected chi connectivity index (χ0v) is 16.2. The van der Waals surface area contributed by atoms with Crippen LogP contribution >= 0.6 is 0 Å². The molecule has 0 fully saturated rings. The lowest BCUT2D eigenvalue weighted by molar-refractivity contribution is 0.144. The first kappa shape index (κ1) is 20.4. The highest BCUT2D eigenvalue weighted by atomic mass is 15.4. The second kappa shape index (κ2) is 13.7. The van der Waals surface area contributed by atoms with Gasteiger partial charge in [-0.1, -0.05) is 85.0 Å². The predicted molar refractivity (Wildman–Crippen MR) is 103 cm³/mol. The summed E-state index contributed by atoms with van der Waals surface area (Å²) in [6, 6.07) is 0. The maximum atomic E-state index is 2.57. The zero-order valence-electron chi connectivity index (χ0n) is 16.2. The van der Waals surface area contributed by atoms with Crippen molar-refractivity contribution in [3.8, 4) is 0 Å². The summed E-state index contributed by atoms with van der Waals surface area (Å²) in [7, 11) is 0. The van der Waals surface area contributed by atoms with Crippen molar-refractivity contribution in [2.24, 2.45) is 0 Å². The van der Waals surface area contributed by atoms with Crippen molar-refractivity contribution in [1.82, 2.24) is 9.80 Å². The van der Waals surface area contributed by atoms with Crippen molar-refractivity contribution >= 4 is 0 Å². The maximum absolute atomic E-state index is 2.57. The Morgan fingerprint density at radius 1 is 0.565 bits per heavy atom. The van der Waals surface area contributed by atoms with Gasteiger partial charge in [0, 0.05) is 25.5 Å². The topological polar surface area (TPSA) is 6.48 Å². The fourth-order valence-corrected chi connectivity index (χ4v) is 3.60. The van der Waals surface area contributed by atoms with E-state index in [4.69, 9.17) is 0 Å². The van der Waals surface area contributed by atoms with Gasteiger partial charge in [0.25, 0.3) is 0 Å². The maximum Gasteiger partial charge on any atom is 0.100 e. The number of hydrogen-bond donors (Lipinski definition) is 0. The number of unbranched alkanes of at least 4 members (excludes halogenated alkanes) is 10. The van der Waals surface area contributed by atoms with Crippen molar-refractivity contribution in [2.45, 2.75) is 110 Å². The van der Waals surface area contributed by atoms with E-state index in [9.17, 15) is 0 Å². The number of rotatable bonds is 15. The fraction of sp³-hybridized carbons (Fsp3) is 0.905. The molecular formula is C21H42N2. The minimum absolute atomic E-state index is 0.625. The van der Waals surface area contributed by atoms with E-state index < -0.39 is 0 Å². The van der Waals surface area contributed by atoms with Crippen LogP contribution < -0.4 is 0 Å². The molecule has 0 saturated heterocycles. The molecular weight excluding hydrogens is 280 g/mol. The van der Waals surface area contributed by atoms with Gasteiger partial charge in [-0.15, -0.1) is 0 Å².